The fraction of sp³-hybridized carbons (Fsp3) is 0.333. The minimum absolute atomic E-state index is 0.194. The highest BCUT2D eigenvalue weighted by Crippen LogP contribution is 2.30. The average Bonchev–Trinajstić information content (AvgIpc) is 2.44. The zero-order chi connectivity index (χ0) is 15.4. The molecular formula is C18H23FN2. The van der Waals surface area contributed by atoms with Crippen LogP contribution in [0.2, 0.25) is 0 Å². The van der Waals surface area contributed by atoms with E-state index in [9.17, 15) is 4.39 Å². The SMILES string of the molecule is CCNCc1cc(F)ccc1N(C)c1ccc(C)cc1C. The van der Waals surface area contributed by atoms with Gasteiger partial charge in [-0.05, 0) is 55.8 Å². The lowest BCUT2D eigenvalue weighted by molar-refractivity contribution is 0.622. The zero-order valence-electron chi connectivity index (χ0n) is 13.2. The van der Waals surface area contributed by atoms with E-state index in [0.29, 0.717) is 6.54 Å². The van der Waals surface area contributed by atoms with Crippen LogP contribution < -0.4 is 10.2 Å². The molecule has 3 heteroatoms. The van der Waals surface area contributed by atoms with E-state index in [1.807, 2.05) is 20.0 Å². The standard InChI is InChI=1S/C18H23FN2/c1-5-20-12-15-11-16(19)7-9-18(15)21(4)17-8-6-13(2)10-14(17)3/h6-11,20H,5,12H2,1-4H3. The van der Waals surface area contributed by atoms with Gasteiger partial charge in [-0.15, -0.1) is 0 Å². The number of hydrogen-bond acceptors (Lipinski definition) is 2. The highest BCUT2D eigenvalue weighted by atomic mass is 19.1. The quantitative estimate of drug-likeness (QED) is 0.880. The molecule has 0 atom stereocenters. The molecule has 0 aliphatic rings. The van der Waals surface area contributed by atoms with Crippen LogP contribution in [0.15, 0.2) is 36.4 Å². The van der Waals surface area contributed by atoms with Gasteiger partial charge >= 0.3 is 0 Å². The van der Waals surface area contributed by atoms with Gasteiger partial charge in [0.15, 0.2) is 0 Å². The first-order chi connectivity index (χ1) is 10.0. The first kappa shape index (κ1) is 15.5. The number of halogens is 1. The van der Waals surface area contributed by atoms with E-state index in [1.54, 1.807) is 6.07 Å². The second kappa shape index (κ2) is 6.72. The number of benzene rings is 2. The van der Waals surface area contributed by atoms with Gasteiger partial charge in [0.1, 0.15) is 5.82 Å². The first-order valence-corrected chi connectivity index (χ1v) is 7.33. The van der Waals surface area contributed by atoms with Crippen molar-refractivity contribution in [2.75, 3.05) is 18.5 Å². The molecular weight excluding hydrogens is 263 g/mol. The molecule has 0 heterocycles. The van der Waals surface area contributed by atoms with Crippen LogP contribution in [-0.2, 0) is 6.54 Å². The maximum atomic E-state index is 13.5. The molecule has 2 aromatic carbocycles. The van der Waals surface area contributed by atoms with E-state index in [-0.39, 0.29) is 5.82 Å². The summed E-state index contributed by atoms with van der Waals surface area (Å²) in [5.41, 5.74) is 5.61. The van der Waals surface area contributed by atoms with E-state index in [0.717, 1.165) is 23.5 Å². The van der Waals surface area contributed by atoms with Gasteiger partial charge in [0.2, 0.25) is 0 Å². The highest BCUT2D eigenvalue weighted by Gasteiger charge is 2.12. The minimum Gasteiger partial charge on any atom is -0.344 e. The fourth-order valence-electron chi connectivity index (χ4n) is 2.59. The van der Waals surface area contributed by atoms with Crippen LogP contribution in [0.5, 0.6) is 0 Å². The Morgan fingerprint density at radius 3 is 2.43 bits per heavy atom. The molecule has 0 aromatic heterocycles. The summed E-state index contributed by atoms with van der Waals surface area (Å²) < 4.78 is 13.5. The van der Waals surface area contributed by atoms with Crippen molar-refractivity contribution in [3.63, 3.8) is 0 Å². The molecule has 0 amide bonds. The lowest BCUT2D eigenvalue weighted by Gasteiger charge is -2.25. The second-order valence-corrected chi connectivity index (χ2v) is 5.40. The maximum absolute atomic E-state index is 13.5. The van der Waals surface area contributed by atoms with Crippen molar-refractivity contribution >= 4 is 11.4 Å². The van der Waals surface area contributed by atoms with Crippen LogP contribution in [0.4, 0.5) is 15.8 Å². The maximum Gasteiger partial charge on any atom is 0.123 e. The lowest BCUT2D eigenvalue weighted by Crippen LogP contribution is -2.18. The summed E-state index contributed by atoms with van der Waals surface area (Å²) in [6.45, 7) is 7.77. The third-order valence-corrected chi connectivity index (χ3v) is 3.68. The van der Waals surface area contributed by atoms with Gasteiger partial charge in [-0.3, -0.25) is 0 Å². The van der Waals surface area contributed by atoms with Gasteiger partial charge in [0, 0.05) is 25.0 Å². The van der Waals surface area contributed by atoms with Crippen molar-refractivity contribution in [3.8, 4) is 0 Å². The fourth-order valence-corrected chi connectivity index (χ4v) is 2.59. The Bertz CT molecular complexity index is 623. The van der Waals surface area contributed by atoms with Gasteiger partial charge in [-0.2, -0.15) is 0 Å². The average molecular weight is 286 g/mol. The molecule has 0 saturated carbocycles. The summed E-state index contributed by atoms with van der Waals surface area (Å²) in [4.78, 5) is 2.13. The van der Waals surface area contributed by atoms with Crippen LogP contribution in [0.25, 0.3) is 0 Å². The normalized spacial score (nSPS) is 10.7. The van der Waals surface area contributed by atoms with E-state index in [2.05, 4.69) is 42.3 Å². The molecule has 0 unspecified atom stereocenters. The Kier molecular flexibility index (Phi) is 4.97. The Balaban J connectivity index is 2.39. The van der Waals surface area contributed by atoms with E-state index in [4.69, 9.17) is 0 Å². The molecule has 0 aliphatic carbocycles. The van der Waals surface area contributed by atoms with Crippen LogP contribution in [-0.4, -0.2) is 13.6 Å². The van der Waals surface area contributed by atoms with Crippen molar-refractivity contribution < 1.29 is 4.39 Å². The van der Waals surface area contributed by atoms with Crippen molar-refractivity contribution in [1.29, 1.82) is 0 Å². The monoisotopic (exact) mass is 286 g/mol. The molecule has 0 radical (unpaired) electrons. The second-order valence-electron chi connectivity index (χ2n) is 5.40. The zero-order valence-corrected chi connectivity index (χ0v) is 13.2. The molecule has 0 fully saturated rings. The van der Waals surface area contributed by atoms with E-state index >= 15 is 0 Å². The van der Waals surface area contributed by atoms with Crippen molar-refractivity contribution in [3.05, 3.63) is 58.9 Å². The number of hydrogen-bond donors (Lipinski definition) is 1. The van der Waals surface area contributed by atoms with Crippen molar-refractivity contribution in [2.24, 2.45) is 0 Å². The molecule has 0 saturated heterocycles. The summed E-state index contributed by atoms with van der Waals surface area (Å²) >= 11 is 0. The number of aryl methyl sites for hydroxylation is 2. The molecule has 112 valence electrons. The predicted octanol–water partition coefficient (Wildman–Crippen LogP) is 4.32. The summed E-state index contributed by atoms with van der Waals surface area (Å²) in [6.07, 6.45) is 0. The Morgan fingerprint density at radius 1 is 1.05 bits per heavy atom. The van der Waals surface area contributed by atoms with Gasteiger partial charge in [0.05, 0.1) is 0 Å². The Labute approximate surface area is 126 Å². The molecule has 21 heavy (non-hydrogen) atoms. The molecule has 1 N–H and O–H groups in total. The molecule has 0 aliphatic heterocycles. The smallest absolute Gasteiger partial charge is 0.123 e. The van der Waals surface area contributed by atoms with Crippen LogP contribution in [0.1, 0.15) is 23.6 Å². The molecule has 2 aromatic rings. The molecule has 0 bridgehead atoms. The van der Waals surface area contributed by atoms with Crippen LogP contribution in [0.3, 0.4) is 0 Å². The van der Waals surface area contributed by atoms with Gasteiger partial charge in [-0.1, -0.05) is 24.6 Å². The summed E-state index contributed by atoms with van der Waals surface area (Å²) in [5.74, 6) is -0.194. The Morgan fingerprint density at radius 2 is 1.76 bits per heavy atom. The predicted molar refractivity (Wildman–Crippen MR) is 87.8 cm³/mol. The summed E-state index contributed by atoms with van der Waals surface area (Å²) in [5, 5.41) is 3.27. The van der Waals surface area contributed by atoms with Crippen LogP contribution in [0, 0.1) is 19.7 Å². The van der Waals surface area contributed by atoms with E-state index < -0.39 is 0 Å². The van der Waals surface area contributed by atoms with Crippen molar-refractivity contribution in [2.45, 2.75) is 27.3 Å². The van der Waals surface area contributed by atoms with Crippen LogP contribution >= 0.6 is 0 Å². The first-order valence-electron chi connectivity index (χ1n) is 7.33. The molecule has 2 rings (SSSR count). The molecule has 0 spiro atoms. The number of nitrogens with one attached hydrogen (secondary N) is 1. The number of nitrogens with zero attached hydrogens (tertiary/aromatic N) is 1. The number of anilines is 2. The Hall–Kier alpha value is -1.87. The third kappa shape index (κ3) is 3.61. The largest absolute Gasteiger partial charge is 0.344 e. The summed E-state index contributed by atoms with van der Waals surface area (Å²) in [6, 6.07) is 11.4. The highest BCUT2D eigenvalue weighted by molar-refractivity contribution is 5.68. The van der Waals surface area contributed by atoms with E-state index in [1.165, 1.54) is 17.2 Å². The van der Waals surface area contributed by atoms with Gasteiger partial charge in [0.25, 0.3) is 0 Å². The van der Waals surface area contributed by atoms with Gasteiger partial charge in [-0.25, -0.2) is 4.39 Å². The topological polar surface area (TPSA) is 15.3 Å². The summed E-state index contributed by atoms with van der Waals surface area (Å²) in [7, 11) is 2.03. The third-order valence-electron chi connectivity index (χ3n) is 3.68. The minimum atomic E-state index is -0.194. The molecule has 2 nitrogen and oxygen atoms in total. The number of rotatable bonds is 5. The van der Waals surface area contributed by atoms with Crippen molar-refractivity contribution in [1.82, 2.24) is 5.32 Å². The van der Waals surface area contributed by atoms with Gasteiger partial charge < -0.3 is 10.2 Å². The lowest BCUT2D eigenvalue weighted by atomic mass is 10.1.